The second-order valence-electron chi connectivity index (χ2n) is 5.01. The van der Waals surface area contributed by atoms with Crippen molar-refractivity contribution >= 4 is 40.6 Å². The molecule has 1 saturated carbocycles. The average molecular weight is 308 g/mol. The van der Waals surface area contributed by atoms with Gasteiger partial charge in [-0.3, -0.25) is 0 Å². The number of hydrogen-bond acceptors (Lipinski definition) is 2. The summed E-state index contributed by atoms with van der Waals surface area (Å²) in [6.07, 6.45) is 6.36. The molecule has 0 saturated heterocycles. The zero-order chi connectivity index (χ0) is 13.2. The fourth-order valence-electron chi connectivity index (χ4n) is 2.62. The lowest BCUT2D eigenvalue weighted by Gasteiger charge is -2.28. The van der Waals surface area contributed by atoms with Crippen molar-refractivity contribution in [2.75, 3.05) is 11.9 Å². The number of pyridine rings is 1. The summed E-state index contributed by atoms with van der Waals surface area (Å²) in [4.78, 5) is 4.19. The molecular weight excluding hydrogens is 291 g/mol. The van der Waals surface area contributed by atoms with E-state index in [-0.39, 0.29) is 0 Å². The van der Waals surface area contributed by atoms with Crippen LogP contribution in [-0.2, 0) is 0 Å². The van der Waals surface area contributed by atoms with Gasteiger partial charge in [-0.15, -0.1) is 0 Å². The van der Waals surface area contributed by atoms with Crippen LogP contribution < -0.4 is 5.32 Å². The summed E-state index contributed by atoms with van der Waals surface area (Å²) in [6, 6.07) is 1.63. The highest BCUT2D eigenvalue weighted by molar-refractivity contribution is 6.42. The van der Waals surface area contributed by atoms with Crippen molar-refractivity contribution in [2.45, 2.75) is 39.0 Å². The van der Waals surface area contributed by atoms with E-state index in [0.717, 1.165) is 6.54 Å². The van der Waals surface area contributed by atoms with Gasteiger partial charge in [-0.05, 0) is 30.7 Å². The standard InChI is InChI=1S/C13H17Cl3N2/c1-2-13(5-3-4-6-13)8-17-12-10(15)7-9(14)11(16)18-12/h7H,2-6,8H2,1H3,(H,17,18). The van der Waals surface area contributed by atoms with Gasteiger partial charge in [-0.1, -0.05) is 54.6 Å². The van der Waals surface area contributed by atoms with Gasteiger partial charge >= 0.3 is 0 Å². The minimum absolute atomic E-state index is 0.292. The third-order valence-corrected chi connectivity index (χ3v) is 4.89. The molecule has 0 bridgehead atoms. The van der Waals surface area contributed by atoms with Crippen LogP contribution in [0.4, 0.5) is 5.82 Å². The molecule has 1 aliphatic carbocycles. The number of anilines is 1. The van der Waals surface area contributed by atoms with Crippen LogP contribution in [0.1, 0.15) is 39.0 Å². The highest BCUT2D eigenvalue weighted by Crippen LogP contribution is 2.41. The third kappa shape index (κ3) is 3.04. The maximum Gasteiger partial charge on any atom is 0.150 e. The van der Waals surface area contributed by atoms with Crippen LogP contribution in [0.15, 0.2) is 6.07 Å². The van der Waals surface area contributed by atoms with Crippen molar-refractivity contribution in [3.63, 3.8) is 0 Å². The molecule has 0 spiro atoms. The van der Waals surface area contributed by atoms with E-state index in [1.165, 1.54) is 32.1 Å². The van der Waals surface area contributed by atoms with E-state index in [4.69, 9.17) is 34.8 Å². The van der Waals surface area contributed by atoms with Crippen LogP contribution in [0.25, 0.3) is 0 Å². The van der Waals surface area contributed by atoms with E-state index in [0.29, 0.717) is 26.4 Å². The predicted octanol–water partition coefficient (Wildman–Crippen LogP) is 5.42. The summed E-state index contributed by atoms with van der Waals surface area (Å²) < 4.78 is 0. The first-order valence-corrected chi connectivity index (χ1v) is 7.45. The van der Waals surface area contributed by atoms with Crippen molar-refractivity contribution in [3.8, 4) is 0 Å². The molecule has 0 aliphatic heterocycles. The van der Waals surface area contributed by atoms with Crippen LogP contribution in [0.2, 0.25) is 15.2 Å². The molecule has 1 aromatic heterocycles. The smallest absolute Gasteiger partial charge is 0.150 e. The number of halogens is 3. The molecule has 0 aromatic carbocycles. The Hall–Kier alpha value is -0.180. The molecule has 1 aromatic rings. The molecule has 100 valence electrons. The van der Waals surface area contributed by atoms with Gasteiger partial charge in [0.2, 0.25) is 0 Å². The molecule has 1 N–H and O–H groups in total. The first-order valence-electron chi connectivity index (χ1n) is 6.32. The molecule has 1 fully saturated rings. The monoisotopic (exact) mass is 306 g/mol. The van der Waals surface area contributed by atoms with Crippen molar-refractivity contribution in [2.24, 2.45) is 5.41 Å². The van der Waals surface area contributed by atoms with Crippen LogP contribution in [0.3, 0.4) is 0 Å². The lowest BCUT2D eigenvalue weighted by molar-refractivity contribution is 0.306. The minimum Gasteiger partial charge on any atom is -0.368 e. The van der Waals surface area contributed by atoms with Gasteiger partial charge in [0.1, 0.15) is 11.0 Å². The van der Waals surface area contributed by atoms with Gasteiger partial charge < -0.3 is 5.32 Å². The quantitative estimate of drug-likeness (QED) is 0.751. The van der Waals surface area contributed by atoms with Gasteiger partial charge in [0.05, 0.1) is 10.0 Å². The van der Waals surface area contributed by atoms with Crippen molar-refractivity contribution in [1.29, 1.82) is 0 Å². The summed E-state index contributed by atoms with van der Waals surface area (Å²) in [5.74, 6) is 0.630. The molecule has 1 aliphatic rings. The Morgan fingerprint density at radius 1 is 1.22 bits per heavy atom. The Kier molecular flexibility index (Phi) is 4.63. The molecule has 0 radical (unpaired) electrons. The second kappa shape index (κ2) is 5.85. The lowest BCUT2D eigenvalue weighted by atomic mass is 9.83. The van der Waals surface area contributed by atoms with E-state index < -0.39 is 0 Å². The highest BCUT2D eigenvalue weighted by Gasteiger charge is 2.31. The van der Waals surface area contributed by atoms with E-state index in [1.54, 1.807) is 6.07 Å². The number of nitrogens with one attached hydrogen (secondary N) is 1. The summed E-state index contributed by atoms with van der Waals surface area (Å²) in [5.41, 5.74) is 0.386. The van der Waals surface area contributed by atoms with Gasteiger partial charge in [0.25, 0.3) is 0 Å². The fourth-order valence-corrected chi connectivity index (χ4v) is 3.18. The Labute approximate surface area is 123 Å². The number of nitrogens with zero attached hydrogens (tertiary/aromatic N) is 1. The lowest BCUT2D eigenvalue weighted by Crippen LogP contribution is -2.26. The summed E-state index contributed by atoms with van der Waals surface area (Å²) in [7, 11) is 0. The summed E-state index contributed by atoms with van der Waals surface area (Å²) in [6.45, 7) is 3.14. The fraction of sp³-hybridized carbons (Fsp3) is 0.615. The zero-order valence-corrected chi connectivity index (χ0v) is 12.7. The van der Waals surface area contributed by atoms with Crippen LogP contribution in [0, 0.1) is 5.41 Å². The molecule has 2 nitrogen and oxygen atoms in total. The Balaban J connectivity index is 2.08. The largest absolute Gasteiger partial charge is 0.368 e. The SMILES string of the molecule is CCC1(CNc2nc(Cl)c(Cl)cc2Cl)CCCC1. The van der Waals surface area contributed by atoms with E-state index >= 15 is 0 Å². The molecule has 5 heteroatoms. The molecule has 0 unspecified atom stereocenters. The van der Waals surface area contributed by atoms with Crippen LogP contribution >= 0.6 is 34.8 Å². The van der Waals surface area contributed by atoms with Crippen LogP contribution in [-0.4, -0.2) is 11.5 Å². The Bertz CT molecular complexity index is 428. The minimum atomic E-state index is 0.292. The first kappa shape index (κ1) is 14.2. The van der Waals surface area contributed by atoms with Crippen LogP contribution in [0.5, 0.6) is 0 Å². The van der Waals surface area contributed by atoms with Gasteiger partial charge in [-0.25, -0.2) is 4.98 Å². The molecule has 0 amide bonds. The third-order valence-electron chi connectivity index (χ3n) is 3.93. The molecular formula is C13H17Cl3N2. The Morgan fingerprint density at radius 3 is 2.50 bits per heavy atom. The van der Waals surface area contributed by atoms with E-state index in [1.807, 2.05) is 0 Å². The van der Waals surface area contributed by atoms with Crippen molar-refractivity contribution in [1.82, 2.24) is 4.98 Å². The van der Waals surface area contributed by atoms with Gasteiger partial charge in [0, 0.05) is 6.54 Å². The Morgan fingerprint density at radius 2 is 1.89 bits per heavy atom. The number of hydrogen-bond donors (Lipinski definition) is 1. The predicted molar refractivity (Wildman–Crippen MR) is 78.9 cm³/mol. The molecule has 1 heterocycles. The van der Waals surface area contributed by atoms with Crippen molar-refractivity contribution < 1.29 is 0 Å². The topological polar surface area (TPSA) is 24.9 Å². The second-order valence-corrected chi connectivity index (χ2v) is 6.18. The number of aromatic nitrogens is 1. The summed E-state index contributed by atoms with van der Waals surface area (Å²) >= 11 is 17.9. The maximum atomic E-state index is 6.11. The maximum absolute atomic E-state index is 6.11. The van der Waals surface area contributed by atoms with E-state index in [2.05, 4.69) is 17.2 Å². The van der Waals surface area contributed by atoms with Gasteiger partial charge in [0.15, 0.2) is 0 Å². The highest BCUT2D eigenvalue weighted by atomic mass is 35.5. The molecule has 18 heavy (non-hydrogen) atoms. The van der Waals surface area contributed by atoms with E-state index in [9.17, 15) is 0 Å². The van der Waals surface area contributed by atoms with Gasteiger partial charge in [-0.2, -0.15) is 0 Å². The number of rotatable bonds is 4. The molecule has 0 atom stereocenters. The normalized spacial score (nSPS) is 18.0. The first-order chi connectivity index (χ1) is 8.56. The molecule has 2 rings (SSSR count). The average Bonchev–Trinajstić information content (AvgIpc) is 2.82. The summed E-state index contributed by atoms with van der Waals surface area (Å²) in [5, 5.41) is 4.53. The van der Waals surface area contributed by atoms with Crippen molar-refractivity contribution in [3.05, 3.63) is 21.3 Å². The zero-order valence-electron chi connectivity index (χ0n) is 10.4.